The highest BCUT2D eigenvalue weighted by molar-refractivity contribution is 7.89. The molecule has 9 heteroatoms. The highest BCUT2D eigenvalue weighted by Crippen LogP contribution is 2.24. The Morgan fingerprint density at radius 2 is 1.58 bits per heavy atom. The van der Waals surface area contributed by atoms with Crippen LogP contribution in [0.5, 0.6) is 5.75 Å². The lowest BCUT2D eigenvalue weighted by atomic mass is 10.1. The minimum Gasteiger partial charge on any atom is -0.494 e. The predicted octanol–water partition coefficient (Wildman–Crippen LogP) is 3.71. The third kappa shape index (κ3) is 4.81. The maximum absolute atomic E-state index is 12.8. The normalized spacial score (nSPS) is 15.1. The Morgan fingerprint density at radius 3 is 2.16 bits per heavy atom. The molecule has 2 aromatic carbocycles. The third-order valence-electron chi connectivity index (χ3n) is 5.13. The minimum absolute atomic E-state index is 0.254. The molecule has 0 spiro atoms. The van der Waals surface area contributed by atoms with Crippen LogP contribution in [0.2, 0.25) is 5.02 Å². The fourth-order valence-electron chi connectivity index (χ4n) is 3.45. The van der Waals surface area contributed by atoms with Gasteiger partial charge in [0, 0.05) is 36.8 Å². The predicted molar refractivity (Wildman–Crippen MR) is 121 cm³/mol. The monoisotopic (exact) mass is 458 g/mol. The number of hydrogen-bond acceptors (Lipinski definition) is 6. The summed E-state index contributed by atoms with van der Waals surface area (Å²) >= 11 is 5.87. The molecule has 0 radical (unpaired) electrons. The van der Waals surface area contributed by atoms with Crippen LogP contribution in [0.15, 0.2) is 65.6 Å². The summed E-state index contributed by atoms with van der Waals surface area (Å²) in [6, 6.07) is 17.8. The summed E-state index contributed by atoms with van der Waals surface area (Å²) in [5.74, 6) is 1.56. The van der Waals surface area contributed by atoms with Gasteiger partial charge in [-0.2, -0.15) is 4.31 Å². The average molecular weight is 459 g/mol. The molecule has 1 fully saturated rings. The number of rotatable bonds is 6. The van der Waals surface area contributed by atoms with E-state index in [0.717, 1.165) is 22.8 Å². The van der Waals surface area contributed by atoms with Gasteiger partial charge in [0.05, 0.1) is 17.2 Å². The third-order valence-corrected chi connectivity index (χ3v) is 7.29. The van der Waals surface area contributed by atoms with Crippen molar-refractivity contribution in [1.29, 1.82) is 0 Å². The molecule has 1 aliphatic heterocycles. The van der Waals surface area contributed by atoms with Gasteiger partial charge in [-0.05, 0) is 67.6 Å². The van der Waals surface area contributed by atoms with Gasteiger partial charge >= 0.3 is 0 Å². The molecule has 1 aliphatic rings. The van der Waals surface area contributed by atoms with Crippen molar-refractivity contribution in [1.82, 2.24) is 14.5 Å². The highest BCUT2D eigenvalue weighted by atomic mass is 35.5. The summed E-state index contributed by atoms with van der Waals surface area (Å²) in [6.45, 7) is 4.43. The fourth-order valence-corrected chi connectivity index (χ4v) is 5.00. The molecule has 0 N–H and O–H groups in total. The highest BCUT2D eigenvalue weighted by Gasteiger charge is 2.29. The van der Waals surface area contributed by atoms with Crippen LogP contribution in [0.1, 0.15) is 6.92 Å². The molecule has 1 saturated heterocycles. The molecular formula is C22H23ClN4O3S. The molecule has 0 aliphatic carbocycles. The van der Waals surface area contributed by atoms with E-state index in [2.05, 4.69) is 10.2 Å². The van der Waals surface area contributed by atoms with Crippen molar-refractivity contribution >= 4 is 27.4 Å². The van der Waals surface area contributed by atoms with E-state index in [1.165, 1.54) is 16.4 Å². The van der Waals surface area contributed by atoms with E-state index in [1.807, 2.05) is 48.2 Å². The largest absolute Gasteiger partial charge is 0.494 e. The van der Waals surface area contributed by atoms with Gasteiger partial charge in [-0.15, -0.1) is 10.2 Å². The van der Waals surface area contributed by atoms with E-state index >= 15 is 0 Å². The Bertz CT molecular complexity index is 1110. The first kappa shape index (κ1) is 21.5. The zero-order chi connectivity index (χ0) is 21.8. The number of piperazine rings is 1. The van der Waals surface area contributed by atoms with Crippen molar-refractivity contribution in [3.63, 3.8) is 0 Å². The van der Waals surface area contributed by atoms with Crippen LogP contribution in [0, 0.1) is 0 Å². The second kappa shape index (κ2) is 9.21. The SMILES string of the molecule is CCOc1ccc(-c2ccc(N3CCN(S(=O)(=O)c4ccc(Cl)cc4)CC3)nn2)cc1. The van der Waals surface area contributed by atoms with Gasteiger partial charge in [-0.25, -0.2) is 8.42 Å². The number of nitrogens with zero attached hydrogens (tertiary/aromatic N) is 4. The Morgan fingerprint density at radius 1 is 0.903 bits per heavy atom. The standard InChI is InChI=1S/C22H23ClN4O3S/c1-2-30-19-7-3-17(4-8-19)21-11-12-22(25-24-21)26-13-15-27(16-14-26)31(28,29)20-9-5-18(23)6-10-20/h3-12H,2,13-16H2,1H3. The van der Waals surface area contributed by atoms with Crippen molar-refractivity contribution in [2.45, 2.75) is 11.8 Å². The minimum atomic E-state index is -3.53. The molecular weight excluding hydrogens is 436 g/mol. The number of ether oxygens (including phenoxy) is 1. The Labute approximate surface area is 187 Å². The number of benzene rings is 2. The molecule has 1 aromatic heterocycles. The molecule has 0 amide bonds. The first-order valence-corrected chi connectivity index (χ1v) is 11.9. The summed E-state index contributed by atoms with van der Waals surface area (Å²) in [5.41, 5.74) is 1.73. The molecule has 0 bridgehead atoms. The second-order valence-electron chi connectivity index (χ2n) is 7.08. The zero-order valence-corrected chi connectivity index (χ0v) is 18.7. The summed E-state index contributed by atoms with van der Waals surface area (Å²) in [5, 5.41) is 9.21. The second-order valence-corrected chi connectivity index (χ2v) is 9.45. The number of anilines is 1. The molecule has 31 heavy (non-hydrogen) atoms. The van der Waals surface area contributed by atoms with Crippen molar-refractivity contribution in [2.24, 2.45) is 0 Å². The first-order valence-electron chi connectivity index (χ1n) is 10.0. The lowest BCUT2D eigenvalue weighted by Gasteiger charge is -2.34. The molecule has 4 rings (SSSR count). The van der Waals surface area contributed by atoms with Crippen LogP contribution in [-0.4, -0.2) is 55.7 Å². The van der Waals surface area contributed by atoms with Crippen molar-refractivity contribution in [3.8, 4) is 17.0 Å². The number of halogens is 1. The summed E-state index contributed by atoms with van der Waals surface area (Å²) in [4.78, 5) is 2.30. The van der Waals surface area contributed by atoms with Gasteiger partial charge in [-0.1, -0.05) is 11.6 Å². The van der Waals surface area contributed by atoms with Gasteiger partial charge in [0.2, 0.25) is 10.0 Å². The Kier molecular flexibility index (Phi) is 6.41. The van der Waals surface area contributed by atoms with Gasteiger partial charge in [0.1, 0.15) is 5.75 Å². The maximum Gasteiger partial charge on any atom is 0.243 e. The van der Waals surface area contributed by atoms with Crippen molar-refractivity contribution in [3.05, 3.63) is 65.7 Å². The van der Waals surface area contributed by atoms with Crippen LogP contribution in [0.3, 0.4) is 0 Å². The lowest BCUT2D eigenvalue weighted by molar-refractivity contribution is 0.340. The van der Waals surface area contributed by atoms with Crippen LogP contribution in [-0.2, 0) is 10.0 Å². The molecule has 162 valence electrons. The van der Waals surface area contributed by atoms with E-state index < -0.39 is 10.0 Å². The molecule has 0 saturated carbocycles. The summed E-state index contributed by atoms with van der Waals surface area (Å²) < 4.78 is 32.6. The lowest BCUT2D eigenvalue weighted by Crippen LogP contribution is -2.48. The Balaban J connectivity index is 1.40. The molecule has 2 heterocycles. The summed E-state index contributed by atoms with van der Waals surface area (Å²) in [6.07, 6.45) is 0. The fraction of sp³-hybridized carbons (Fsp3) is 0.273. The van der Waals surface area contributed by atoms with Gasteiger partial charge in [-0.3, -0.25) is 0 Å². The smallest absolute Gasteiger partial charge is 0.243 e. The van der Waals surface area contributed by atoms with Crippen LogP contribution in [0.25, 0.3) is 11.3 Å². The summed E-state index contributed by atoms with van der Waals surface area (Å²) in [7, 11) is -3.53. The molecule has 0 atom stereocenters. The zero-order valence-electron chi connectivity index (χ0n) is 17.1. The van der Waals surface area contributed by atoms with Crippen LogP contribution >= 0.6 is 11.6 Å². The number of sulfonamides is 1. The van der Waals surface area contributed by atoms with Crippen molar-refractivity contribution in [2.75, 3.05) is 37.7 Å². The van der Waals surface area contributed by atoms with Crippen LogP contribution < -0.4 is 9.64 Å². The topological polar surface area (TPSA) is 75.6 Å². The van der Waals surface area contributed by atoms with Crippen LogP contribution in [0.4, 0.5) is 5.82 Å². The van der Waals surface area contributed by atoms with E-state index in [1.54, 1.807) is 12.1 Å². The maximum atomic E-state index is 12.8. The Hall–Kier alpha value is -2.68. The number of aromatic nitrogens is 2. The quantitative estimate of drug-likeness (QED) is 0.560. The van der Waals surface area contributed by atoms with E-state index in [0.29, 0.717) is 37.8 Å². The average Bonchev–Trinajstić information content (AvgIpc) is 2.80. The van der Waals surface area contributed by atoms with Crippen molar-refractivity contribution < 1.29 is 13.2 Å². The molecule has 3 aromatic rings. The van der Waals surface area contributed by atoms with E-state index in [4.69, 9.17) is 16.3 Å². The van der Waals surface area contributed by atoms with Gasteiger partial charge in [0.25, 0.3) is 0 Å². The molecule has 0 unspecified atom stereocenters. The molecule has 7 nitrogen and oxygen atoms in total. The van der Waals surface area contributed by atoms with Gasteiger partial charge < -0.3 is 9.64 Å². The number of hydrogen-bond donors (Lipinski definition) is 0. The van der Waals surface area contributed by atoms with E-state index in [9.17, 15) is 8.42 Å². The first-order chi connectivity index (χ1) is 15.0. The van der Waals surface area contributed by atoms with E-state index in [-0.39, 0.29) is 4.90 Å². The van der Waals surface area contributed by atoms with Gasteiger partial charge in [0.15, 0.2) is 5.82 Å².